The lowest BCUT2D eigenvalue weighted by Crippen LogP contribution is -2.96. The minimum absolute atomic E-state index is 0.0269. The van der Waals surface area contributed by atoms with Gasteiger partial charge in [-0.2, -0.15) is 31.2 Å². The predicted molar refractivity (Wildman–Crippen MR) is 162 cm³/mol. The molecule has 320 valence electrons. The zero-order chi connectivity index (χ0) is 44.4. The third-order valence-electron chi connectivity index (χ3n) is 9.79. The molecule has 4 unspecified atom stereocenters. The van der Waals surface area contributed by atoms with Crippen molar-refractivity contribution in [3.63, 3.8) is 0 Å². The number of piperazine rings is 1. The van der Waals surface area contributed by atoms with Gasteiger partial charge < -0.3 is 76.4 Å². The molecule has 27 heteroatoms. The molecule has 4 atom stereocenters. The van der Waals surface area contributed by atoms with Crippen molar-refractivity contribution < 1.29 is 112 Å². The number of urea groups is 1. The Balaban J connectivity index is 2.05. The maximum Gasteiger partial charge on any atom is 0.416 e. The smallest absolute Gasteiger partial charge is 0.383 e. The number of aryl methyl sites for hydroxylation is 1. The highest BCUT2D eigenvalue weighted by Crippen LogP contribution is 2.55. The monoisotopic (exact) mass is 840 g/mol. The summed E-state index contributed by atoms with van der Waals surface area (Å²) in [6.07, 6.45) is -14.9. The lowest BCUT2D eigenvalue weighted by Gasteiger charge is -2.67. The molecule has 0 saturated carbocycles. The Hall–Kier alpha value is -3.91. The van der Waals surface area contributed by atoms with Crippen LogP contribution in [0.2, 0.25) is 0 Å². The fraction of sp³-hybridized carbons (Fsp3) is 0.533. The summed E-state index contributed by atoms with van der Waals surface area (Å²) in [6.45, 7) is 1.76. The van der Waals surface area contributed by atoms with Gasteiger partial charge in [-0.15, -0.1) is 0 Å². The average molecular weight is 841 g/mol. The summed E-state index contributed by atoms with van der Waals surface area (Å²) in [4.78, 5) is 22.8. The van der Waals surface area contributed by atoms with Crippen LogP contribution >= 0.6 is 0 Å². The normalized spacial score (nSPS) is 27.2. The molecule has 2 fully saturated rings. The highest BCUT2D eigenvalue weighted by Gasteiger charge is 2.85. The van der Waals surface area contributed by atoms with Crippen LogP contribution in [0.5, 0.6) is 0 Å². The molecule has 57 heavy (non-hydrogen) atoms. The van der Waals surface area contributed by atoms with Crippen LogP contribution in [0.15, 0.2) is 36.4 Å². The Morgan fingerprint density at radius 2 is 1.18 bits per heavy atom. The van der Waals surface area contributed by atoms with Crippen LogP contribution in [0.4, 0.5) is 35.5 Å². The number of amides is 3. The number of piperidine rings is 1. The van der Waals surface area contributed by atoms with Crippen molar-refractivity contribution in [1.82, 2.24) is 19.6 Å². The van der Waals surface area contributed by atoms with Crippen LogP contribution in [0.25, 0.3) is 0 Å². The molecule has 0 aromatic heterocycles. The zero-order valence-electron chi connectivity index (χ0n) is 29.2. The number of halogens is 7. The summed E-state index contributed by atoms with van der Waals surface area (Å²) in [5.74, 6) is -33.6. The number of rotatable bonds is 4. The van der Waals surface area contributed by atoms with E-state index in [0.29, 0.717) is 25.2 Å². The number of aliphatic hydroxyl groups excluding tert-OH is 1. The van der Waals surface area contributed by atoms with Crippen molar-refractivity contribution in [3.8, 4) is 0 Å². The number of nitrogens with zero attached hydrogens (tertiary/aromatic N) is 4. The standard InChI is InChI=1S/C30H35F7N4O16/c1-11-7-17(31)5-6-18(11)22(45)23(46,47)19(40-29(54,55)27(50,51)39(13(3)42)28(52,53)30(40,56)57)20(43)26(48,49)41(22)21(44)38(4)12(2)14-8-15(24(32,33)34)10-16(9-14)25(35,36)37/h5-10,12,19-20,43,45-57H,1-4H3. The molecule has 2 aromatic rings. The molecule has 2 saturated heterocycles. The lowest BCUT2D eigenvalue weighted by atomic mass is 9.75. The van der Waals surface area contributed by atoms with Crippen LogP contribution in [0.3, 0.4) is 0 Å². The molecule has 2 aromatic carbocycles. The topological polar surface area (TPSA) is 330 Å². The third kappa shape index (κ3) is 6.47. The molecule has 3 amide bonds. The van der Waals surface area contributed by atoms with E-state index in [-0.39, 0.29) is 30.0 Å². The minimum Gasteiger partial charge on any atom is -0.383 e. The van der Waals surface area contributed by atoms with Crippen molar-refractivity contribution in [2.75, 3.05) is 7.05 Å². The van der Waals surface area contributed by atoms with Gasteiger partial charge in [0.05, 0.1) is 17.2 Å². The minimum atomic E-state index is -5.44. The first kappa shape index (κ1) is 45.8. The van der Waals surface area contributed by atoms with Gasteiger partial charge in [0.1, 0.15) is 18.0 Å². The van der Waals surface area contributed by atoms with E-state index in [0.717, 1.165) is 13.8 Å². The van der Waals surface area contributed by atoms with Crippen molar-refractivity contribution in [1.29, 1.82) is 0 Å². The van der Waals surface area contributed by atoms with Crippen LogP contribution in [0.1, 0.15) is 47.7 Å². The van der Waals surface area contributed by atoms with E-state index in [1.807, 2.05) is 0 Å². The highest BCUT2D eigenvalue weighted by atomic mass is 19.4. The maximum atomic E-state index is 14.3. The van der Waals surface area contributed by atoms with Crippen molar-refractivity contribution in [2.45, 2.75) is 92.4 Å². The number of carbonyl (C=O) groups excluding carboxylic acids is 2. The van der Waals surface area contributed by atoms with Crippen molar-refractivity contribution in [2.24, 2.45) is 0 Å². The number of likely N-dealkylation sites (tertiary alicyclic amines) is 1. The molecular weight excluding hydrogens is 805 g/mol. The van der Waals surface area contributed by atoms with Crippen molar-refractivity contribution >= 4 is 11.9 Å². The van der Waals surface area contributed by atoms with Crippen LogP contribution in [-0.4, -0.2) is 158 Å². The molecule has 0 spiro atoms. The fourth-order valence-corrected chi connectivity index (χ4v) is 6.76. The number of carbonyl (C=O) groups is 2. The van der Waals surface area contributed by atoms with Crippen LogP contribution in [0, 0.1) is 12.7 Å². The van der Waals surface area contributed by atoms with Gasteiger partial charge in [-0.3, -0.25) is 4.79 Å². The van der Waals surface area contributed by atoms with E-state index < -0.39 is 132 Å². The quantitative estimate of drug-likeness (QED) is 0.104. The molecule has 14 N–H and O–H groups in total. The zero-order valence-corrected chi connectivity index (χ0v) is 29.2. The van der Waals surface area contributed by atoms with Crippen LogP contribution in [-0.2, 0) is 22.9 Å². The Morgan fingerprint density at radius 1 is 0.737 bits per heavy atom. The Morgan fingerprint density at radius 3 is 1.56 bits per heavy atom. The van der Waals surface area contributed by atoms with Gasteiger partial charge in [0, 0.05) is 19.5 Å². The van der Waals surface area contributed by atoms with E-state index in [1.165, 1.54) is 0 Å². The molecule has 0 radical (unpaired) electrons. The molecule has 0 aliphatic carbocycles. The third-order valence-corrected chi connectivity index (χ3v) is 9.79. The summed E-state index contributed by atoms with van der Waals surface area (Å²) >= 11 is 0. The second kappa shape index (κ2) is 13.3. The van der Waals surface area contributed by atoms with Gasteiger partial charge in [-0.05, 0) is 55.3 Å². The summed E-state index contributed by atoms with van der Waals surface area (Å²) < 4.78 is 96.3. The molecular formula is C30H35F7N4O16. The van der Waals surface area contributed by atoms with Crippen LogP contribution < -0.4 is 0 Å². The van der Waals surface area contributed by atoms with E-state index in [1.54, 1.807) is 0 Å². The number of hydrogen-bond donors (Lipinski definition) is 14. The summed E-state index contributed by atoms with van der Waals surface area (Å²) in [5, 5.41) is 156. The molecule has 2 aliphatic heterocycles. The van der Waals surface area contributed by atoms with E-state index >= 15 is 0 Å². The Labute approximate surface area is 313 Å². The SMILES string of the molecule is CC(=O)N1C(O)(O)C(O)(O)N(C2C(O)C(O)(O)N(C(=O)N(C)C(C)c3cc(C(F)(F)F)cc(C(F)(F)F)c3)C(O)(c3ccc(F)cc3C)C2(O)O)C(O)(O)C1(O)O. The van der Waals surface area contributed by atoms with E-state index in [2.05, 4.69) is 0 Å². The first-order valence-electron chi connectivity index (χ1n) is 15.6. The largest absolute Gasteiger partial charge is 0.416 e. The number of aliphatic hydroxyl groups is 14. The van der Waals surface area contributed by atoms with Gasteiger partial charge in [0.25, 0.3) is 5.91 Å². The molecule has 20 nitrogen and oxygen atoms in total. The fourth-order valence-electron chi connectivity index (χ4n) is 6.76. The van der Waals surface area contributed by atoms with Crippen molar-refractivity contribution in [3.05, 3.63) is 70.0 Å². The summed E-state index contributed by atoms with van der Waals surface area (Å²) in [5.41, 5.74) is -11.5. The molecule has 2 aliphatic rings. The lowest BCUT2D eigenvalue weighted by molar-refractivity contribution is -0.617. The second-order valence-corrected chi connectivity index (χ2v) is 13.4. The number of benzene rings is 2. The predicted octanol–water partition coefficient (Wildman–Crippen LogP) is -3.79. The first-order valence-corrected chi connectivity index (χ1v) is 15.6. The average Bonchev–Trinajstić information content (AvgIpc) is 3.02. The highest BCUT2D eigenvalue weighted by molar-refractivity contribution is 5.77. The van der Waals surface area contributed by atoms with Gasteiger partial charge in [-0.25, -0.2) is 19.0 Å². The van der Waals surface area contributed by atoms with E-state index in [9.17, 15) is 112 Å². The summed E-state index contributed by atoms with van der Waals surface area (Å²) in [6, 6.07) is -7.38. The second-order valence-electron chi connectivity index (χ2n) is 13.4. The maximum absolute atomic E-state index is 14.3. The molecule has 0 bridgehead atoms. The molecule has 4 rings (SSSR count). The summed E-state index contributed by atoms with van der Waals surface area (Å²) in [7, 11) is 0.515. The van der Waals surface area contributed by atoms with Gasteiger partial charge in [-0.1, -0.05) is 6.07 Å². The molecule has 2 heterocycles. The first-order chi connectivity index (χ1) is 25.3. The Bertz CT molecular complexity index is 1880. The Kier molecular flexibility index (Phi) is 10.7. The van der Waals surface area contributed by atoms with E-state index in [4.69, 9.17) is 0 Å². The van der Waals surface area contributed by atoms with Gasteiger partial charge in [0.2, 0.25) is 17.4 Å². The number of alkyl halides is 6. The van der Waals surface area contributed by atoms with Gasteiger partial charge in [0.15, 0.2) is 0 Å². The van der Waals surface area contributed by atoms with Gasteiger partial charge >= 0.3 is 42.0 Å². The number of hydrogen-bond acceptors (Lipinski definition) is 17.